The van der Waals surface area contributed by atoms with Gasteiger partial charge in [-0.3, -0.25) is 14.4 Å². The molecule has 2 heterocycles. The quantitative estimate of drug-likeness (QED) is 0.459. The van der Waals surface area contributed by atoms with Crippen LogP contribution in [0.5, 0.6) is 0 Å². The summed E-state index contributed by atoms with van der Waals surface area (Å²) in [6.07, 6.45) is 3.67. The highest BCUT2D eigenvalue weighted by Crippen LogP contribution is 2.29. The van der Waals surface area contributed by atoms with Crippen LogP contribution in [0.1, 0.15) is 65.0 Å². The molecule has 40 heavy (non-hydrogen) atoms. The molecule has 2 aromatic rings. The molecule has 3 atom stereocenters. The molecule has 2 aliphatic heterocycles. The van der Waals surface area contributed by atoms with Crippen molar-refractivity contribution in [1.82, 2.24) is 15.1 Å². The van der Waals surface area contributed by atoms with Gasteiger partial charge in [-0.15, -0.1) is 0 Å². The van der Waals surface area contributed by atoms with Crippen LogP contribution < -0.4 is 5.32 Å². The topological polar surface area (TPSA) is 82.1 Å². The number of likely N-dealkylation sites (tertiary alicyclic amines) is 1. The first-order valence-electron chi connectivity index (χ1n) is 14.7. The summed E-state index contributed by atoms with van der Waals surface area (Å²) < 4.78 is 0. The zero-order valence-electron chi connectivity index (χ0n) is 24.7. The minimum absolute atomic E-state index is 0.0623. The predicted octanol–water partition coefficient (Wildman–Crippen LogP) is 4.95. The van der Waals surface area contributed by atoms with Gasteiger partial charge in [0.25, 0.3) is 5.91 Å². The molecule has 7 heteroatoms. The van der Waals surface area contributed by atoms with Gasteiger partial charge in [0.1, 0.15) is 11.8 Å². The number of hydrogen-bond donors (Lipinski definition) is 1. The zero-order chi connectivity index (χ0) is 28.9. The highest BCUT2D eigenvalue weighted by atomic mass is 16.2. The van der Waals surface area contributed by atoms with Crippen LogP contribution in [-0.4, -0.2) is 65.0 Å². The summed E-state index contributed by atoms with van der Waals surface area (Å²) in [7, 11) is 0. The van der Waals surface area contributed by atoms with E-state index in [-0.39, 0.29) is 29.7 Å². The second-order valence-electron chi connectivity index (χ2n) is 12.3. The molecule has 214 valence electrons. The maximum Gasteiger partial charge on any atom is 0.268 e. The van der Waals surface area contributed by atoms with Gasteiger partial charge in [-0.05, 0) is 48.3 Å². The van der Waals surface area contributed by atoms with Gasteiger partial charge in [0.05, 0.1) is 5.69 Å². The molecule has 0 bridgehead atoms. The fraction of sp³-hybridized carbons (Fsp3) is 0.515. The highest BCUT2D eigenvalue weighted by Gasteiger charge is 2.41. The van der Waals surface area contributed by atoms with Crippen LogP contribution in [-0.2, 0) is 27.2 Å². The largest absolute Gasteiger partial charge is 0.344 e. The summed E-state index contributed by atoms with van der Waals surface area (Å²) in [6, 6.07) is 17.3. The molecule has 4 rings (SSSR count). The Morgan fingerprint density at radius 3 is 2.45 bits per heavy atom. The molecule has 2 aromatic carbocycles. The Bertz CT molecular complexity index is 1230. The number of amides is 3. The SMILES string of the molecule is CC[C@@H](C)C(=O)N[C@H](C(=O)N1CCC[C@H]1CN(CCc1ccccc1)C(=O)C1=Nc2ccccc2C1)C(C)(C)C. The Kier molecular flexibility index (Phi) is 9.44. The Hall–Kier alpha value is -3.48. The number of nitrogens with zero attached hydrogens (tertiary/aromatic N) is 3. The summed E-state index contributed by atoms with van der Waals surface area (Å²) in [5.41, 5.74) is 3.20. The third-order valence-corrected chi connectivity index (χ3v) is 8.20. The minimum atomic E-state index is -0.628. The van der Waals surface area contributed by atoms with E-state index in [1.165, 1.54) is 0 Å². The molecular formula is C33H44N4O3. The number of hydrogen-bond acceptors (Lipinski definition) is 4. The number of carbonyl (C=O) groups is 3. The molecule has 3 amide bonds. The van der Waals surface area contributed by atoms with Crippen LogP contribution in [0.15, 0.2) is 59.6 Å². The molecule has 1 fully saturated rings. The fourth-order valence-electron chi connectivity index (χ4n) is 5.48. The van der Waals surface area contributed by atoms with Crippen molar-refractivity contribution in [3.05, 3.63) is 65.7 Å². The van der Waals surface area contributed by atoms with E-state index in [4.69, 9.17) is 0 Å². The number of para-hydroxylation sites is 1. The van der Waals surface area contributed by atoms with Crippen molar-refractivity contribution >= 4 is 29.1 Å². The zero-order valence-corrected chi connectivity index (χ0v) is 24.7. The standard InChI is InChI=1S/C33H44N4O3/c1-6-23(2)30(38)35-29(33(3,4)5)32(40)37-19-12-16-26(37)22-36(20-18-24-13-8-7-9-14-24)31(39)28-21-25-15-10-11-17-27(25)34-28/h7-11,13-15,17,23,26,29H,6,12,16,18-22H2,1-5H3,(H,35,38)/t23-,26+,29-/m1/s1. The first kappa shape index (κ1) is 29.5. The molecule has 0 radical (unpaired) electrons. The lowest BCUT2D eigenvalue weighted by Crippen LogP contribution is -2.58. The first-order valence-corrected chi connectivity index (χ1v) is 14.7. The van der Waals surface area contributed by atoms with E-state index in [2.05, 4.69) is 22.4 Å². The van der Waals surface area contributed by atoms with E-state index in [0.717, 1.165) is 42.5 Å². The van der Waals surface area contributed by atoms with Crippen LogP contribution in [0.2, 0.25) is 0 Å². The monoisotopic (exact) mass is 544 g/mol. The normalized spacial score (nSPS) is 18.1. The molecule has 1 N–H and O–H groups in total. The van der Waals surface area contributed by atoms with E-state index in [1.807, 2.05) is 86.9 Å². The highest BCUT2D eigenvalue weighted by molar-refractivity contribution is 6.40. The van der Waals surface area contributed by atoms with Crippen molar-refractivity contribution in [3.8, 4) is 0 Å². The van der Waals surface area contributed by atoms with Gasteiger partial charge in [-0.2, -0.15) is 0 Å². The molecule has 1 saturated heterocycles. The summed E-state index contributed by atoms with van der Waals surface area (Å²) in [4.78, 5) is 49.1. The maximum absolute atomic E-state index is 14.0. The summed E-state index contributed by atoms with van der Waals surface area (Å²) in [5, 5.41) is 3.05. The van der Waals surface area contributed by atoms with Crippen LogP contribution in [0.25, 0.3) is 0 Å². The maximum atomic E-state index is 14.0. The van der Waals surface area contributed by atoms with Gasteiger partial charge in [-0.1, -0.05) is 83.1 Å². The number of fused-ring (bicyclic) bond motifs is 1. The predicted molar refractivity (Wildman–Crippen MR) is 160 cm³/mol. The molecule has 0 aliphatic carbocycles. The number of nitrogens with one attached hydrogen (secondary N) is 1. The lowest BCUT2D eigenvalue weighted by molar-refractivity contribution is -0.141. The molecule has 2 aliphatic rings. The average molecular weight is 545 g/mol. The van der Waals surface area contributed by atoms with Crippen LogP contribution in [0.4, 0.5) is 5.69 Å². The number of benzene rings is 2. The molecule has 0 spiro atoms. The smallest absolute Gasteiger partial charge is 0.268 e. The third-order valence-electron chi connectivity index (χ3n) is 8.20. The van der Waals surface area contributed by atoms with Crippen molar-refractivity contribution < 1.29 is 14.4 Å². The van der Waals surface area contributed by atoms with Gasteiger partial charge in [-0.25, -0.2) is 4.99 Å². The van der Waals surface area contributed by atoms with Crippen molar-refractivity contribution in [2.24, 2.45) is 16.3 Å². The van der Waals surface area contributed by atoms with E-state index < -0.39 is 11.5 Å². The Morgan fingerprint density at radius 1 is 1.07 bits per heavy atom. The number of aliphatic imine (C=N–C) groups is 1. The molecule has 0 unspecified atom stereocenters. The van der Waals surface area contributed by atoms with E-state index >= 15 is 0 Å². The average Bonchev–Trinajstić information content (AvgIpc) is 3.59. The lowest BCUT2D eigenvalue weighted by Gasteiger charge is -2.37. The number of carbonyl (C=O) groups excluding carboxylic acids is 3. The number of rotatable bonds is 10. The van der Waals surface area contributed by atoms with Crippen molar-refractivity contribution in [2.75, 3.05) is 19.6 Å². The lowest BCUT2D eigenvalue weighted by atomic mass is 9.85. The molecular weight excluding hydrogens is 500 g/mol. The van der Waals surface area contributed by atoms with Crippen LogP contribution >= 0.6 is 0 Å². The van der Waals surface area contributed by atoms with Gasteiger partial charge < -0.3 is 15.1 Å². The Balaban J connectivity index is 1.53. The molecule has 0 saturated carbocycles. The van der Waals surface area contributed by atoms with Gasteiger partial charge in [0.15, 0.2) is 0 Å². The fourth-order valence-corrected chi connectivity index (χ4v) is 5.48. The Labute approximate surface area is 239 Å². The van der Waals surface area contributed by atoms with E-state index in [0.29, 0.717) is 31.8 Å². The van der Waals surface area contributed by atoms with Gasteiger partial charge in [0, 0.05) is 38.0 Å². The summed E-state index contributed by atoms with van der Waals surface area (Å²) in [6.45, 7) is 11.5. The van der Waals surface area contributed by atoms with Crippen molar-refractivity contribution in [2.45, 2.75) is 78.8 Å². The second-order valence-corrected chi connectivity index (χ2v) is 12.3. The Morgan fingerprint density at radius 2 is 1.77 bits per heavy atom. The molecule has 7 nitrogen and oxygen atoms in total. The summed E-state index contributed by atoms with van der Waals surface area (Å²) >= 11 is 0. The van der Waals surface area contributed by atoms with Crippen LogP contribution in [0, 0.1) is 11.3 Å². The van der Waals surface area contributed by atoms with Crippen molar-refractivity contribution in [1.29, 1.82) is 0 Å². The minimum Gasteiger partial charge on any atom is -0.344 e. The third kappa shape index (κ3) is 6.98. The second kappa shape index (κ2) is 12.8. The van der Waals surface area contributed by atoms with Gasteiger partial charge in [0.2, 0.25) is 11.8 Å². The molecule has 0 aromatic heterocycles. The van der Waals surface area contributed by atoms with Crippen molar-refractivity contribution in [3.63, 3.8) is 0 Å². The van der Waals surface area contributed by atoms with Gasteiger partial charge >= 0.3 is 0 Å². The van der Waals surface area contributed by atoms with Crippen LogP contribution in [0.3, 0.4) is 0 Å². The first-order chi connectivity index (χ1) is 19.1. The van der Waals surface area contributed by atoms with E-state index in [9.17, 15) is 14.4 Å². The summed E-state index contributed by atoms with van der Waals surface area (Å²) in [5.74, 6) is -0.379. The van der Waals surface area contributed by atoms with E-state index in [1.54, 1.807) is 0 Å².